The van der Waals surface area contributed by atoms with E-state index in [2.05, 4.69) is 23.8 Å². The highest BCUT2D eigenvalue weighted by atomic mass is 16.5. The Morgan fingerprint density at radius 1 is 1.11 bits per heavy atom. The minimum Gasteiger partial charge on any atom is -0.507 e. The molecule has 2 heterocycles. The molecule has 1 amide bonds. The molecule has 4 rings (SSSR count). The molecule has 3 aromatic rings. The number of aromatic amines is 1. The van der Waals surface area contributed by atoms with E-state index in [1.807, 2.05) is 23.1 Å². The number of esters is 1. The van der Waals surface area contributed by atoms with E-state index in [1.165, 1.54) is 12.1 Å². The van der Waals surface area contributed by atoms with Crippen molar-refractivity contribution in [1.29, 1.82) is 5.26 Å². The monoisotopic (exact) mass is 488 g/mol. The molecule has 2 N–H and O–H groups in total. The van der Waals surface area contributed by atoms with Gasteiger partial charge in [0, 0.05) is 12.1 Å². The van der Waals surface area contributed by atoms with Crippen molar-refractivity contribution >= 4 is 28.5 Å². The number of likely N-dealkylation sites (tertiary alicyclic amines) is 1. The second kappa shape index (κ2) is 11.0. The number of aliphatic hydroxyl groups is 1. The first kappa shape index (κ1) is 24.8. The predicted octanol–water partition coefficient (Wildman–Crippen LogP) is 4.38. The number of rotatable bonds is 7. The Balaban J connectivity index is 1.33. The van der Waals surface area contributed by atoms with Crippen LogP contribution in [0.5, 0.6) is 5.75 Å². The zero-order valence-electron chi connectivity index (χ0n) is 20.2. The van der Waals surface area contributed by atoms with Crippen LogP contribution in [0, 0.1) is 11.3 Å². The largest absolute Gasteiger partial charge is 0.507 e. The number of carbonyl (C=O) groups is 2. The van der Waals surface area contributed by atoms with Crippen LogP contribution in [-0.4, -0.2) is 57.1 Å². The second-order valence-electron chi connectivity index (χ2n) is 8.86. The van der Waals surface area contributed by atoms with Gasteiger partial charge in [-0.1, -0.05) is 12.1 Å². The van der Waals surface area contributed by atoms with E-state index < -0.39 is 18.3 Å². The van der Waals surface area contributed by atoms with Gasteiger partial charge in [-0.25, -0.2) is 9.78 Å². The Morgan fingerprint density at radius 3 is 2.47 bits per heavy atom. The van der Waals surface area contributed by atoms with Crippen LogP contribution in [0.3, 0.4) is 0 Å². The van der Waals surface area contributed by atoms with E-state index >= 15 is 0 Å². The van der Waals surface area contributed by atoms with Crippen LogP contribution in [0.1, 0.15) is 49.3 Å². The number of H-pyrrole nitrogens is 1. The van der Waals surface area contributed by atoms with E-state index in [9.17, 15) is 20.0 Å². The number of aliphatic hydroxyl groups excluding tert-OH is 1. The van der Waals surface area contributed by atoms with Gasteiger partial charge < -0.3 is 24.5 Å². The molecule has 1 aliphatic rings. The molecular weight excluding hydrogens is 460 g/mol. The van der Waals surface area contributed by atoms with Crippen LogP contribution >= 0.6 is 0 Å². The average molecular weight is 489 g/mol. The highest BCUT2D eigenvalue weighted by Gasteiger charge is 2.29. The summed E-state index contributed by atoms with van der Waals surface area (Å²) in [4.78, 5) is 34.2. The molecule has 1 aliphatic heterocycles. The molecule has 0 radical (unpaired) electrons. The van der Waals surface area contributed by atoms with Gasteiger partial charge in [-0.15, -0.1) is 0 Å². The van der Waals surface area contributed by atoms with E-state index in [1.54, 1.807) is 24.3 Å². The molecule has 9 heteroatoms. The van der Waals surface area contributed by atoms with Crippen molar-refractivity contribution in [3.05, 3.63) is 65.7 Å². The standard InChI is InChI=1S/C27H28N4O5/c1-17-6-5-7-18(2)31(17)25(33)16-35-20-12-10-19(11-13-20)27(34)36-15-24(32)21(14-28)26-29-22-8-3-4-9-23(22)30-26/h3-4,8-13,17-18,32H,5-7,15-16H2,1-2H3,(H,29,30)/t17-,18-/m0/s1. The van der Waals surface area contributed by atoms with Crippen molar-refractivity contribution in [2.75, 3.05) is 13.2 Å². The van der Waals surface area contributed by atoms with Crippen LogP contribution in [0.4, 0.5) is 0 Å². The summed E-state index contributed by atoms with van der Waals surface area (Å²) in [6.07, 6.45) is 3.10. The molecule has 0 unspecified atom stereocenters. The van der Waals surface area contributed by atoms with Crippen LogP contribution in [0.15, 0.2) is 54.3 Å². The molecule has 1 fully saturated rings. The number of para-hydroxylation sites is 2. The fourth-order valence-electron chi connectivity index (χ4n) is 4.43. The smallest absolute Gasteiger partial charge is 0.338 e. The third kappa shape index (κ3) is 5.49. The number of allylic oxidation sites excluding steroid dienone is 1. The van der Waals surface area contributed by atoms with Gasteiger partial charge in [-0.2, -0.15) is 5.26 Å². The number of piperidine rings is 1. The number of carbonyl (C=O) groups excluding carboxylic acids is 2. The maximum absolute atomic E-state index is 12.6. The van der Waals surface area contributed by atoms with Gasteiger partial charge in [0.25, 0.3) is 5.91 Å². The molecule has 1 saturated heterocycles. The van der Waals surface area contributed by atoms with Crippen LogP contribution in [0.25, 0.3) is 16.6 Å². The fourth-order valence-corrected chi connectivity index (χ4v) is 4.43. The Bertz CT molecular complexity index is 1280. The Morgan fingerprint density at radius 2 is 1.81 bits per heavy atom. The number of nitriles is 1. The van der Waals surface area contributed by atoms with Crippen molar-refractivity contribution in [3.8, 4) is 11.8 Å². The quantitative estimate of drug-likeness (QED) is 0.287. The number of fused-ring (bicyclic) bond motifs is 1. The molecule has 186 valence electrons. The molecule has 2 atom stereocenters. The zero-order chi connectivity index (χ0) is 25.7. The zero-order valence-corrected chi connectivity index (χ0v) is 20.2. The lowest BCUT2D eigenvalue weighted by molar-refractivity contribution is -0.139. The van der Waals surface area contributed by atoms with Crippen molar-refractivity contribution in [3.63, 3.8) is 0 Å². The molecule has 1 aromatic heterocycles. The van der Waals surface area contributed by atoms with Crippen LogP contribution < -0.4 is 4.74 Å². The molecule has 0 saturated carbocycles. The van der Waals surface area contributed by atoms with Crippen molar-refractivity contribution < 1.29 is 24.2 Å². The number of amides is 1. The summed E-state index contributed by atoms with van der Waals surface area (Å²) in [5.41, 5.74) is 1.50. The third-order valence-corrected chi connectivity index (χ3v) is 6.30. The average Bonchev–Trinajstić information content (AvgIpc) is 3.30. The van der Waals surface area contributed by atoms with E-state index in [0.29, 0.717) is 16.8 Å². The number of hydrogen-bond donors (Lipinski definition) is 2. The van der Waals surface area contributed by atoms with Gasteiger partial charge in [0.15, 0.2) is 18.2 Å². The number of hydrogen-bond acceptors (Lipinski definition) is 7. The van der Waals surface area contributed by atoms with E-state index in [4.69, 9.17) is 9.47 Å². The van der Waals surface area contributed by atoms with Gasteiger partial charge in [-0.3, -0.25) is 4.79 Å². The lowest BCUT2D eigenvalue weighted by Crippen LogP contribution is -2.49. The summed E-state index contributed by atoms with van der Waals surface area (Å²) in [5.74, 6) is -0.502. The number of aromatic nitrogens is 2. The normalized spacial score (nSPS) is 18.3. The first-order valence-electron chi connectivity index (χ1n) is 11.9. The topological polar surface area (TPSA) is 129 Å². The summed E-state index contributed by atoms with van der Waals surface area (Å²) in [7, 11) is 0. The minimum absolute atomic E-state index is 0.0572. The van der Waals surface area contributed by atoms with Crippen molar-refractivity contribution in [2.24, 2.45) is 0 Å². The Hall–Kier alpha value is -4.32. The van der Waals surface area contributed by atoms with Crippen LogP contribution in [-0.2, 0) is 9.53 Å². The summed E-state index contributed by atoms with van der Waals surface area (Å²) in [5, 5.41) is 19.8. The van der Waals surface area contributed by atoms with Crippen molar-refractivity contribution in [2.45, 2.75) is 45.2 Å². The number of ether oxygens (including phenoxy) is 2. The third-order valence-electron chi connectivity index (χ3n) is 6.30. The molecule has 0 aliphatic carbocycles. The lowest BCUT2D eigenvalue weighted by atomic mass is 9.97. The fraction of sp³-hybridized carbons (Fsp3) is 0.333. The van der Waals surface area contributed by atoms with Gasteiger partial charge in [-0.05, 0) is 69.5 Å². The minimum atomic E-state index is -0.679. The second-order valence-corrected chi connectivity index (χ2v) is 8.86. The first-order chi connectivity index (χ1) is 17.4. The predicted molar refractivity (Wildman–Crippen MR) is 133 cm³/mol. The number of nitrogens with zero attached hydrogens (tertiary/aromatic N) is 3. The number of imidazole rings is 1. The van der Waals surface area contributed by atoms with Gasteiger partial charge in [0.2, 0.25) is 0 Å². The summed E-state index contributed by atoms with van der Waals surface area (Å²) < 4.78 is 10.8. The molecular formula is C27H28N4O5. The molecule has 36 heavy (non-hydrogen) atoms. The Labute approximate surface area is 209 Å². The highest BCUT2D eigenvalue weighted by Crippen LogP contribution is 2.23. The summed E-state index contributed by atoms with van der Waals surface area (Å²) >= 11 is 0. The van der Waals surface area contributed by atoms with E-state index in [-0.39, 0.29) is 41.6 Å². The van der Waals surface area contributed by atoms with Crippen molar-refractivity contribution in [1.82, 2.24) is 14.9 Å². The van der Waals surface area contributed by atoms with Gasteiger partial charge >= 0.3 is 5.97 Å². The summed E-state index contributed by atoms with van der Waals surface area (Å²) in [6.45, 7) is 3.54. The van der Waals surface area contributed by atoms with Crippen LogP contribution in [0.2, 0.25) is 0 Å². The first-order valence-corrected chi connectivity index (χ1v) is 11.9. The highest BCUT2D eigenvalue weighted by molar-refractivity contribution is 5.90. The number of nitrogens with one attached hydrogen (secondary N) is 1. The maximum atomic E-state index is 12.6. The Kier molecular flexibility index (Phi) is 7.54. The lowest BCUT2D eigenvalue weighted by Gasteiger charge is -2.38. The van der Waals surface area contributed by atoms with E-state index in [0.717, 1.165) is 19.3 Å². The molecule has 9 nitrogen and oxygen atoms in total. The molecule has 0 bridgehead atoms. The SMILES string of the molecule is C[C@H]1CCC[C@H](C)N1C(=O)COc1ccc(C(=O)OCC(O)=C(C#N)c2nc3ccccc3[nH]2)cc1. The van der Waals surface area contributed by atoms with Gasteiger partial charge in [0.05, 0.1) is 16.6 Å². The summed E-state index contributed by atoms with van der Waals surface area (Å²) in [6, 6.07) is 15.7. The molecule has 0 spiro atoms. The van der Waals surface area contributed by atoms with Gasteiger partial charge in [0.1, 0.15) is 24.0 Å². The molecule has 2 aromatic carbocycles. The maximum Gasteiger partial charge on any atom is 0.338 e. The number of benzene rings is 2.